The first kappa shape index (κ1) is 11.7. The lowest BCUT2D eigenvalue weighted by molar-refractivity contribution is 1.10. The van der Waals surface area contributed by atoms with Gasteiger partial charge in [0.25, 0.3) is 0 Å². The molecule has 0 amide bonds. The van der Waals surface area contributed by atoms with E-state index >= 15 is 0 Å². The van der Waals surface area contributed by atoms with E-state index in [4.69, 9.17) is 0 Å². The molecule has 4 rings (SSSR count). The van der Waals surface area contributed by atoms with Crippen LogP contribution in [0.15, 0.2) is 66.1 Å². The van der Waals surface area contributed by atoms with Crippen LogP contribution < -0.4 is 0 Å². The Morgan fingerprint density at radius 2 is 1.86 bits per heavy atom. The molecule has 0 aliphatic heterocycles. The Balaban J connectivity index is 2.11. The highest BCUT2D eigenvalue weighted by molar-refractivity contribution is 5.98. The molecule has 0 saturated heterocycles. The second-order valence-corrected chi connectivity index (χ2v) is 4.69. The Morgan fingerprint density at radius 3 is 2.76 bits per heavy atom. The van der Waals surface area contributed by atoms with Crippen LogP contribution in [0.2, 0.25) is 0 Å². The Labute approximate surface area is 119 Å². The standard InChI is InChI=1S/C16H10N4O/c21-19-15-14(18-16-17-9-4-10-20(15)16)13-8-3-6-11-5-1-2-7-12(11)13/h1-10H. The molecule has 0 aliphatic rings. The third kappa shape index (κ3) is 1.71. The summed E-state index contributed by atoms with van der Waals surface area (Å²) in [5.41, 5.74) is 1.44. The topological polar surface area (TPSA) is 59.6 Å². The van der Waals surface area contributed by atoms with Gasteiger partial charge in [0.15, 0.2) is 0 Å². The average molecular weight is 274 g/mol. The molecule has 2 heterocycles. The van der Waals surface area contributed by atoms with Crippen LogP contribution in [0.3, 0.4) is 0 Å². The third-order valence-corrected chi connectivity index (χ3v) is 3.51. The zero-order chi connectivity index (χ0) is 14.2. The summed E-state index contributed by atoms with van der Waals surface area (Å²) in [5, 5.41) is 5.28. The van der Waals surface area contributed by atoms with Gasteiger partial charge in [0.05, 0.1) is 0 Å². The molecule has 0 spiro atoms. The maximum absolute atomic E-state index is 11.3. The van der Waals surface area contributed by atoms with Crippen LogP contribution in [-0.4, -0.2) is 14.4 Å². The molecule has 0 N–H and O–H groups in total. The van der Waals surface area contributed by atoms with Crippen LogP contribution in [0.25, 0.3) is 27.8 Å². The second-order valence-electron chi connectivity index (χ2n) is 4.69. The molecule has 2 aromatic carbocycles. The smallest absolute Gasteiger partial charge is 0.236 e. The van der Waals surface area contributed by atoms with Gasteiger partial charge in [-0.1, -0.05) is 42.5 Å². The lowest BCUT2D eigenvalue weighted by Gasteiger charge is -2.03. The third-order valence-electron chi connectivity index (χ3n) is 3.51. The minimum absolute atomic E-state index is 0.273. The zero-order valence-corrected chi connectivity index (χ0v) is 11.0. The quantitative estimate of drug-likeness (QED) is 0.520. The van der Waals surface area contributed by atoms with E-state index in [9.17, 15) is 4.91 Å². The lowest BCUT2D eigenvalue weighted by atomic mass is 10.0. The molecular weight excluding hydrogens is 264 g/mol. The van der Waals surface area contributed by atoms with Gasteiger partial charge in [0.1, 0.15) is 5.69 Å². The molecular formula is C16H10N4O. The monoisotopic (exact) mass is 274 g/mol. The van der Waals surface area contributed by atoms with E-state index < -0.39 is 0 Å². The van der Waals surface area contributed by atoms with Crippen LogP contribution in [0.4, 0.5) is 5.82 Å². The van der Waals surface area contributed by atoms with Crippen molar-refractivity contribution in [3.8, 4) is 11.3 Å². The van der Waals surface area contributed by atoms with Crippen molar-refractivity contribution in [1.29, 1.82) is 0 Å². The molecule has 0 bridgehead atoms. The Bertz CT molecular complexity index is 969. The van der Waals surface area contributed by atoms with Gasteiger partial charge in [-0.25, -0.2) is 9.97 Å². The van der Waals surface area contributed by atoms with Crippen molar-refractivity contribution in [3.05, 3.63) is 65.8 Å². The summed E-state index contributed by atoms with van der Waals surface area (Å²) in [6.07, 6.45) is 3.38. The van der Waals surface area contributed by atoms with Crippen molar-refractivity contribution < 1.29 is 0 Å². The number of hydrogen-bond donors (Lipinski definition) is 0. The predicted octanol–water partition coefficient (Wildman–Crippen LogP) is 3.95. The zero-order valence-electron chi connectivity index (χ0n) is 11.0. The fourth-order valence-electron chi connectivity index (χ4n) is 2.58. The molecule has 4 aromatic rings. The molecule has 0 aliphatic carbocycles. The van der Waals surface area contributed by atoms with E-state index in [1.165, 1.54) is 0 Å². The van der Waals surface area contributed by atoms with Gasteiger partial charge >= 0.3 is 0 Å². The Hall–Kier alpha value is -3.08. The van der Waals surface area contributed by atoms with Gasteiger partial charge in [-0.2, -0.15) is 0 Å². The van der Waals surface area contributed by atoms with Gasteiger partial charge in [0.2, 0.25) is 11.6 Å². The minimum Gasteiger partial charge on any atom is -0.265 e. The van der Waals surface area contributed by atoms with Crippen LogP contribution in [0.1, 0.15) is 0 Å². The Kier molecular flexibility index (Phi) is 2.50. The molecule has 0 saturated carbocycles. The van der Waals surface area contributed by atoms with Crippen molar-refractivity contribution in [2.75, 3.05) is 0 Å². The highest BCUT2D eigenvalue weighted by atomic mass is 16.3. The number of imidazole rings is 1. The van der Waals surface area contributed by atoms with Crippen LogP contribution in [-0.2, 0) is 0 Å². The fourth-order valence-corrected chi connectivity index (χ4v) is 2.58. The number of hydrogen-bond acceptors (Lipinski definition) is 4. The summed E-state index contributed by atoms with van der Waals surface area (Å²) in [4.78, 5) is 19.9. The van der Waals surface area contributed by atoms with Gasteiger partial charge in [-0.15, -0.1) is 4.91 Å². The number of benzene rings is 2. The van der Waals surface area contributed by atoms with Crippen molar-refractivity contribution in [3.63, 3.8) is 0 Å². The number of nitrogens with zero attached hydrogens (tertiary/aromatic N) is 4. The number of fused-ring (bicyclic) bond motifs is 2. The summed E-state index contributed by atoms with van der Waals surface area (Å²) in [7, 11) is 0. The number of nitroso groups, excluding NO2 is 1. The minimum atomic E-state index is 0.273. The molecule has 2 aromatic heterocycles. The normalized spacial score (nSPS) is 11.0. The molecule has 0 atom stereocenters. The maximum atomic E-state index is 11.3. The summed E-state index contributed by atoms with van der Waals surface area (Å²) in [6.45, 7) is 0. The SMILES string of the molecule is O=Nc1c(-c2cccc3ccccc23)nc2ncccn12. The highest BCUT2D eigenvalue weighted by Crippen LogP contribution is 2.34. The van der Waals surface area contributed by atoms with Crippen molar-refractivity contribution in [2.24, 2.45) is 5.18 Å². The molecule has 0 radical (unpaired) electrons. The summed E-state index contributed by atoms with van der Waals surface area (Å²) < 4.78 is 1.60. The van der Waals surface area contributed by atoms with E-state index in [2.05, 4.69) is 15.1 Å². The van der Waals surface area contributed by atoms with Gasteiger partial charge in [-0.05, 0) is 22.0 Å². The number of aromatic nitrogens is 3. The van der Waals surface area contributed by atoms with Crippen molar-refractivity contribution in [2.45, 2.75) is 0 Å². The molecule has 100 valence electrons. The van der Waals surface area contributed by atoms with Crippen LogP contribution >= 0.6 is 0 Å². The van der Waals surface area contributed by atoms with Gasteiger partial charge in [-0.3, -0.25) is 4.40 Å². The summed E-state index contributed by atoms with van der Waals surface area (Å²) in [5.74, 6) is 0.740. The van der Waals surface area contributed by atoms with Crippen LogP contribution in [0.5, 0.6) is 0 Å². The number of rotatable bonds is 2. The Morgan fingerprint density at radius 1 is 1.00 bits per heavy atom. The first-order valence-electron chi connectivity index (χ1n) is 6.53. The summed E-state index contributed by atoms with van der Waals surface area (Å²) in [6, 6.07) is 15.7. The van der Waals surface area contributed by atoms with Crippen LogP contribution in [0, 0.1) is 4.91 Å². The van der Waals surface area contributed by atoms with Crippen molar-refractivity contribution >= 4 is 22.4 Å². The first-order valence-corrected chi connectivity index (χ1v) is 6.53. The first-order chi connectivity index (χ1) is 10.4. The molecule has 0 fully saturated rings. The van der Waals surface area contributed by atoms with E-state index in [-0.39, 0.29) is 5.82 Å². The molecule has 21 heavy (non-hydrogen) atoms. The van der Waals surface area contributed by atoms with E-state index in [0.717, 1.165) is 16.3 Å². The largest absolute Gasteiger partial charge is 0.265 e. The molecule has 5 nitrogen and oxygen atoms in total. The molecule has 0 unspecified atom stereocenters. The van der Waals surface area contributed by atoms with E-state index in [1.54, 1.807) is 22.9 Å². The summed E-state index contributed by atoms with van der Waals surface area (Å²) >= 11 is 0. The lowest BCUT2D eigenvalue weighted by Crippen LogP contribution is -1.84. The van der Waals surface area contributed by atoms with E-state index in [1.807, 2.05) is 42.5 Å². The fraction of sp³-hybridized carbons (Fsp3) is 0. The maximum Gasteiger partial charge on any atom is 0.236 e. The second kappa shape index (κ2) is 4.49. The van der Waals surface area contributed by atoms with Gasteiger partial charge in [0, 0.05) is 18.0 Å². The predicted molar refractivity (Wildman–Crippen MR) is 81.4 cm³/mol. The van der Waals surface area contributed by atoms with Crippen molar-refractivity contribution in [1.82, 2.24) is 14.4 Å². The highest BCUT2D eigenvalue weighted by Gasteiger charge is 2.16. The van der Waals surface area contributed by atoms with E-state index in [0.29, 0.717) is 11.5 Å². The molecule has 5 heteroatoms. The average Bonchev–Trinajstić information content (AvgIpc) is 2.92. The van der Waals surface area contributed by atoms with Gasteiger partial charge < -0.3 is 0 Å².